The number of benzene rings is 1. The second kappa shape index (κ2) is 5.94. The molecule has 1 saturated carbocycles. The minimum atomic E-state index is -1.46. The van der Waals surface area contributed by atoms with Gasteiger partial charge in [-0.15, -0.1) is 0 Å². The minimum Gasteiger partial charge on any atom is -0.389 e. The molecule has 0 aliphatic heterocycles. The number of aliphatic hydroxyl groups is 1. The molecule has 1 aromatic rings. The van der Waals surface area contributed by atoms with E-state index in [0.717, 1.165) is 0 Å². The number of hydrogen-bond donors (Lipinski definition) is 1. The normalized spacial score (nSPS) is 31.9. The zero-order valence-electron chi connectivity index (χ0n) is 12.8. The van der Waals surface area contributed by atoms with E-state index in [9.17, 15) is 19.5 Å². The second-order valence-electron chi connectivity index (χ2n) is 6.25. The van der Waals surface area contributed by atoms with Gasteiger partial charge in [0.15, 0.2) is 0 Å². The van der Waals surface area contributed by atoms with Gasteiger partial charge in [0, 0.05) is 17.4 Å². The van der Waals surface area contributed by atoms with Crippen molar-refractivity contribution in [3.8, 4) is 0 Å². The first-order valence-electron chi connectivity index (χ1n) is 7.16. The fraction of sp³-hybridized carbons (Fsp3) is 0.471. The summed E-state index contributed by atoms with van der Waals surface area (Å²) >= 11 is 5.88. The average Bonchev–Trinajstić information content (AvgIpc) is 2.36. The van der Waals surface area contributed by atoms with Gasteiger partial charge in [0.2, 0.25) is 0 Å². The summed E-state index contributed by atoms with van der Waals surface area (Å²) in [6.07, 6.45) is -0.189. The van der Waals surface area contributed by atoms with E-state index in [0.29, 0.717) is 10.6 Å². The van der Waals surface area contributed by atoms with Crippen molar-refractivity contribution in [2.45, 2.75) is 38.7 Å². The number of ketones is 3. The van der Waals surface area contributed by atoms with E-state index in [1.165, 1.54) is 20.8 Å². The summed E-state index contributed by atoms with van der Waals surface area (Å²) in [5.41, 5.74) is -0.794. The van der Waals surface area contributed by atoms with Crippen LogP contribution in [0.1, 0.15) is 38.7 Å². The third kappa shape index (κ3) is 2.99. The lowest BCUT2D eigenvalue weighted by Gasteiger charge is -2.44. The van der Waals surface area contributed by atoms with Crippen LogP contribution in [0.15, 0.2) is 24.3 Å². The predicted octanol–water partition coefficient (Wildman–Crippen LogP) is 2.56. The molecule has 118 valence electrons. The first-order valence-corrected chi connectivity index (χ1v) is 7.54. The summed E-state index contributed by atoms with van der Waals surface area (Å²) < 4.78 is 0. The lowest BCUT2D eigenvalue weighted by molar-refractivity contribution is -0.151. The van der Waals surface area contributed by atoms with Crippen molar-refractivity contribution >= 4 is 29.0 Å². The maximum Gasteiger partial charge on any atom is 0.146 e. The molecule has 5 heteroatoms. The summed E-state index contributed by atoms with van der Waals surface area (Å²) in [7, 11) is 0. The number of Topliss-reactive ketones (excluding diaryl/α,β-unsaturated/α-hetero) is 3. The molecule has 0 bridgehead atoms. The van der Waals surface area contributed by atoms with Crippen molar-refractivity contribution in [1.82, 2.24) is 0 Å². The van der Waals surface area contributed by atoms with Gasteiger partial charge in [0.1, 0.15) is 17.3 Å². The van der Waals surface area contributed by atoms with Crippen molar-refractivity contribution in [3.63, 3.8) is 0 Å². The molecule has 0 amide bonds. The van der Waals surface area contributed by atoms with Gasteiger partial charge in [-0.25, -0.2) is 0 Å². The lowest BCUT2D eigenvalue weighted by Crippen LogP contribution is -2.53. The maximum absolute atomic E-state index is 12.4. The second-order valence-corrected chi connectivity index (χ2v) is 6.69. The van der Waals surface area contributed by atoms with Crippen molar-refractivity contribution in [1.29, 1.82) is 0 Å². The molecule has 1 aliphatic rings. The summed E-state index contributed by atoms with van der Waals surface area (Å²) in [6, 6.07) is 6.71. The van der Waals surface area contributed by atoms with E-state index in [-0.39, 0.29) is 23.8 Å². The molecule has 0 aromatic heterocycles. The third-order valence-electron chi connectivity index (χ3n) is 4.40. The van der Waals surface area contributed by atoms with Crippen LogP contribution in [0.2, 0.25) is 5.02 Å². The van der Waals surface area contributed by atoms with Gasteiger partial charge in [-0.2, -0.15) is 0 Å². The Balaban J connectivity index is 2.61. The standard InChI is InChI=1S/C17H19ClO4/c1-9(19)14-13(21)8-17(3,22)16(10(2)20)15(14)11-4-6-12(18)7-5-11/h4-7,14-16,22H,8H2,1-3H3/t14-,15-,16+,17-/m1/s1. The van der Waals surface area contributed by atoms with Gasteiger partial charge in [-0.1, -0.05) is 23.7 Å². The van der Waals surface area contributed by atoms with Crippen LogP contribution in [0.25, 0.3) is 0 Å². The highest BCUT2D eigenvalue weighted by Gasteiger charge is 2.53. The molecule has 0 unspecified atom stereocenters. The van der Waals surface area contributed by atoms with Crippen molar-refractivity contribution in [3.05, 3.63) is 34.9 Å². The molecule has 0 heterocycles. The number of carbonyl (C=O) groups is 3. The van der Waals surface area contributed by atoms with Gasteiger partial charge in [0.05, 0.1) is 17.4 Å². The van der Waals surface area contributed by atoms with E-state index < -0.39 is 23.4 Å². The number of hydrogen-bond acceptors (Lipinski definition) is 4. The van der Waals surface area contributed by atoms with E-state index in [1.807, 2.05) is 0 Å². The van der Waals surface area contributed by atoms with Crippen LogP contribution in [-0.2, 0) is 14.4 Å². The number of carbonyl (C=O) groups excluding carboxylic acids is 3. The van der Waals surface area contributed by atoms with Crippen LogP contribution in [0.3, 0.4) is 0 Å². The Hall–Kier alpha value is -1.52. The van der Waals surface area contributed by atoms with E-state index >= 15 is 0 Å². The Labute approximate surface area is 134 Å². The van der Waals surface area contributed by atoms with E-state index in [4.69, 9.17) is 11.6 Å². The largest absolute Gasteiger partial charge is 0.389 e. The summed E-state index contributed by atoms with van der Waals surface area (Å²) in [5, 5.41) is 11.1. The predicted molar refractivity (Wildman–Crippen MR) is 82.8 cm³/mol. The molecule has 1 fully saturated rings. The fourth-order valence-electron chi connectivity index (χ4n) is 3.59. The van der Waals surface area contributed by atoms with Crippen LogP contribution < -0.4 is 0 Å². The maximum atomic E-state index is 12.4. The molecule has 2 rings (SSSR count). The smallest absolute Gasteiger partial charge is 0.146 e. The van der Waals surface area contributed by atoms with E-state index in [1.54, 1.807) is 24.3 Å². The summed E-state index contributed by atoms with van der Waals surface area (Å²) in [5.74, 6) is -3.22. The van der Waals surface area contributed by atoms with Crippen molar-refractivity contribution < 1.29 is 19.5 Å². The summed E-state index contributed by atoms with van der Waals surface area (Å²) in [4.78, 5) is 36.5. The summed E-state index contributed by atoms with van der Waals surface area (Å²) in [6.45, 7) is 4.22. The minimum absolute atomic E-state index is 0.189. The Morgan fingerprint density at radius 3 is 2.18 bits per heavy atom. The highest BCUT2D eigenvalue weighted by molar-refractivity contribution is 6.30. The van der Waals surface area contributed by atoms with Crippen LogP contribution in [0, 0.1) is 11.8 Å². The molecular weight excluding hydrogens is 304 g/mol. The molecule has 0 saturated heterocycles. The Morgan fingerprint density at radius 1 is 1.18 bits per heavy atom. The van der Waals surface area contributed by atoms with Gasteiger partial charge in [-0.3, -0.25) is 14.4 Å². The Morgan fingerprint density at radius 2 is 1.73 bits per heavy atom. The quantitative estimate of drug-likeness (QED) is 0.868. The van der Waals surface area contributed by atoms with Crippen LogP contribution in [-0.4, -0.2) is 28.1 Å². The molecule has 4 nitrogen and oxygen atoms in total. The zero-order chi connectivity index (χ0) is 16.7. The van der Waals surface area contributed by atoms with Gasteiger partial charge in [0.25, 0.3) is 0 Å². The number of rotatable bonds is 3. The Kier molecular flexibility index (Phi) is 4.54. The molecule has 4 atom stereocenters. The fourth-order valence-corrected chi connectivity index (χ4v) is 3.72. The van der Waals surface area contributed by atoms with Gasteiger partial charge >= 0.3 is 0 Å². The van der Waals surface area contributed by atoms with Gasteiger partial charge in [-0.05, 0) is 38.5 Å². The first kappa shape index (κ1) is 16.8. The number of halogens is 1. The highest BCUT2D eigenvalue weighted by atomic mass is 35.5. The molecule has 1 N–H and O–H groups in total. The van der Waals surface area contributed by atoms with Crippen molar-refractivity contribution in [2.24, 2.45) is 11.8 Å². The van der Waals surface area contributed by atoms with Crippen LogP contribution >= 0.6 is 11.6 Å². The zero-order valence-corrected chi connectivity index (χ0v) is 13.6. The average molecular weight is 323 g/mol. The lowest BCUT2D eigenvalue weighted by atomic mass is 9.60. The first-order chi connectivity index (χ1) is 10.1. The SMILES string of the molecule is CC(=O)[C@@H]1C(=O)C[C@@](C)(O)[C@@H](C(C)=O)[C@@H]1c1ccc(Cl)cc1. The monoisotopic (exact) mass is 322 g/mol. The van der Waals surface area contributed by atoms with Crippen molar-refractivity contribution in [2.75, 3.05) is 0 Å². The molecule has 0 spiro atoms. The molecular formula is C17H19ClO4. The van der Waals surface area contributed by atoms with Gasteiger partial charge < -0.3 is 5.11 Å². The highest BCUT2D eigenvalue weighted by Crippen LogP contribution is 2.46. The molecule has 1 aromatic carbocycles. The molecule has 0 radical (unpaired) electrons. The van der Waals surface area contributed by atoms with Crippen LogP contribution in [0.5, 0.6) is 0 Å². The topological polar surface area (TPSA) is 71.4 Å². The molecule has 22 heavy (non-hydrogen) atoms. The van der Waals surface area contributed by atoms with Crippen LogP contribution in [0.4, 0.5) is 0 Å². The Bertz CT molecular complexity index is 618. The van der Waals surface area contributed by atoms with E-state index in [2.05, 4.69) is 0 Å². The molecule has 1 aliphatic carbocycles. The third-order valence-corrected chi connectivity index (χ3v) is 4.65.